The number of carbonyl (C=O) groups is 2. The molecule has 18 heteroatoms. The van der Waals surface area contributed by atoms with Crippen LogP contribution in [0.25, 0.3) is 0 Å². The molecule has 0 aromatic carbocycles. The molecule has 4 nitrogen and oxygen atoms in total. The van der Waals surface area contributed by atoms with Crippen molar-refractivity contribution < 1.29 is 80.5 Å². The Morgan fingerprint density at radius 3 is 0.967 bits per heavy atom. The first kappa shape index (κ1) is 27.5. The Morgan fingerprint density at radius 1 is 0.533 bits per heavy atom. The average Bonchev–Trinajstić information content (AvgIpc) is 2.54. The van der Waals surface area contributed by atoms with Gasteiger partial charge in [-0.15, -0.1) is 0 Å². The molecule has 0 aromatic rings. The zero-order valence-electron chi connectivity index (χ0n) is 13.3. The molecule has 0 N–H and O–H groups in total. The highest BCUT2D eigenvalue weighted by Crippen LogP contribution is 2.47. The molecule has 0 saturated heterocycles. The Morgan fingerprint density at radius 2 is 0.767 bits per heavy atom. The molecule has 0 fully saturated rings. The number of hydrogen-bond acceptors (Lipinski definition) is 4. The minimum atomic E-state index is -6.76. The normalized spacial score (nSPS) is 13.9. The molecule has 0 aliphatic heterocycles. The van der Waals surface area contributed by atoms with Crippen molar-refractivity contribution in [1.29, 1.82) is 0 Å². The molecule has 30 heavy (non-hydrogen) atoms. The maximum absolute atomic E-state index is 12.8. The van der Waals surface area contributed by atoms with E-state index in [-0.39, 0.29) is 0 Å². The van der Waals surface area contributed by atoms with Gasteiger partial charge in [-0.25, -0.2) is 9.59 Å². The van der Waals surface area contributed by atoms with Crippen LogP contribution >= 0.6 is 0 Å². The average molecular weight is 478 g/mol. The third kappa shape index (κ3) is 6.01. The minimum absolute atomic E-state index is 0.751. The Balaban J connectivity index is 4.94. The molecule has 0 spiro atoms. The molecular weight excluding hydrogens is 474 g/mol. The van der Waals surface area contributed by atoms with Gasteiger partial charge in [-0.05, 0) is 0 Å². The SMILES string of the molecule is O=C(C#CC(=O)OCC(F)(F)C(F)(F)C(F)(F)F)OCC(F)(F)C(F)(F)C(F)(F)F. The van der Waals surface area contributed by atoms with E-state index >= 15 is 0 Å². The zero-order valence-corrected chi connectivity index (χ0v) is 13.3. The molecule has 0 unspecified atom stereocenters. The lowest BCUT2D eigenvalue weighted by atomic mass is 10.2. The van der Waals surface area contributed by atoms with Crippen molar-refractivity contribution in [3.63, 3.8) is 0 Å². The Labute approximate surface area is 155 Å². The zero-order chi connectivity index (χ0) is 24.4. The largest absolute Gasteiger partial charge is 0.460 e. The highest BCUT2D eigenvalue weighted by molar-refractivity contribution is 5.98. The molecule has 174 valence electrons. The molecule has 0 aliphatic rings. The fourth-order valence-electron chi connectivity index (χ4n) is 1.08. The van der Waals surface area contributed by atoms with Crippen LogP contribution in [0.15, 0.2) is 0 Å². The van der Waals surface area contributed by atoms with Crippen molar-refractivity contribution in [2.24, 2.45) is 0 Å². The second kappa shape index (κ2) is 8.34. The maximum atomic E-state index is 12.8. The number of alkyl halides is 14. The second-order valence-electron chi connectivity index (χ2n) is 4.96. The van der Waals surface area contributed by atoms with Crippen molar-refractivity contribution >= 4 is 11.9 Å². The van der Waals surface area contributed by atoms with Gasteiger partial charge in [0, 0.05) is 11.8 Å². The van der Waals surface area contributed by atoms with Gasteiger partial charge in [-0.3, -0.25) is 0 Å². The maximum Gasteiger partial charge on any atom is 0.460 e. The molecule has 0 bridgehead atoms. The van der Waals surface area contributed by atoms with E-state index in [9.17, 15) is 71.1 Å². The number of hydrogen-bond donors (Lipinski definition) is 0. The molecule has 0 amide bonds. The van der Waals surface area contributed by atoms with E-state index in [1.807, 2.05) is 0 Å². The molecule has 0 aromatic heterocycles. The van der Waals surface area contributed by atoms with E-state index in [0.717, 1.165) is 11.8 Å². The van der Waals surface area contributed by atoms with E-state index in [2.05, 4.69) is 9.47 Å². The highest BCUT2D eigenvalue weighted by Gasteiger charge is 2.74. The molecule has 0 rings (SSSR count). The number of rotatable bonds is 6. The molecule has 0 aliphatic carbocycles. The summed E-state index contributed by atoms with van der Waals surface area (Å²) in [7, 11) is 0. The Bertz CT molecular complexity index is 651. The number of carbonyl (C=O) groups excluding carboxylic acids is 2. The summed E-state index contributed by atoms with van der Waals surface area (Å²) >= 11 is 0. The monoisotopic (exact) mass is 478 g/mol. The van der Waals surface area contributed by atoms with Gasteiger partial charge in [0.1, 0.15) is 0 Å². The first-order valence-electron chi connectivity index (χ1n) is 6.50. The van der Waals surface area contributed by atoms with Crippen LogP contribution < -0.4 is 0 Å². The topological polar surface area (TPSA) is 52.6 Å². The van der Waals surface area contributed by atoms with Crippen molar-refractivity contribution in [3.8, 4) is 11.8 Å². The summed E-state index contributed by atoms with van der Waals surface area (Å²) in [6, 6.07) is 0. The van der Waals surface area contributed by atoms with Crippen molar-refractivity contribution in [3.05, 3.63) is 0 Å². The number of halogens is 14. The van der Waals surface area contributed by atoms with Gasteiger partial charge in [0.15, 0.2) is 13.2 Å². The van der Waals surface area contributed by atoms with Crippen LogP contribution in [0, 0.1) is 11.8 Å². The van der Waals surface area contributed by atoms with Gasteiger partial charge in [0.25, 0.3) is 0 Å². The lowest BCUT2D eigenvalue weighted by Crippen LogP contribution is -2.54. The fraction of sp³-hybridized carbons (Fsp3) is 0.667. The van der Waals surface area contributed by atoms with Crippen LogP contribution in [0.5, 0.6) is 0 Å². The van der Waals surface area contributed by atoms with Gasteiger partial charge in [-0.2, -0.15) is 61.5 Å². The number of ether oxygens (including phenoxy) is 2. The van der Waals surface area contributed by atoms with Gasteiger partial charge in [-0.1, -0.05) is 0 Å². The van der Waals surface area contributed by atoms with E-state index in [4.69, 9.17) is 0 Å². The van der Waals surface area contributed by atoms with E-state index in [0.29, 0.717) is 0 Å². The first-order chi connectivity index (χ1) is 13.0. The van der Waals surface area contributed by atoms with Crippen LogP contribution in [0.3, 0.4) is 0 Å². The summed E-state index contributed by atoms with van der Waals surface area (Å²) < 4.78 is 178. The summed E-state index contributed by atoms with van der Waals surface area (Å²) in [6.07, 6.45) is -13.5. The second-order valence-corrected chi connectivity index (χ2v) is 4.96. The minimum Gasteiger partial charge on any atom is -0.449 e. The van der Waals surface area contributed by atoms with Crippen LogP contribution in [0.2, 0.25) is 0 Å². The van der Waals surface area contributed by atoms with Gasteiger partial charge in [0.2, 0.25) is 0 Å². The summed E-state index contributed by atoms with van der Waals surface area (Å²) in [5.41, 5.74) is 0. The van der Waals surface area contributed by atoms with Crippen molar-refractivity contribution in [1.82, 2.24) is 0 Å². The third-order valence-corrected chi connectivity index (χ3v) is 2.67. The molecule has 0 heterocycles. The van der Waals surface area contributed by atoms with E-state index in [1.54, 1.807) is 0 Å². The van der Waals surface area contributed by atoms with Crippen molar-refractivity contribution in [2.75, 3.05) is 13.2 Å². The van der Waals surface area contributed by atoms with Crippen LogP contribution in [0.1, 0.15) is 0 Å². The Kier molecular flexibility index (Phi) is 7.65. The standard InChI is InChI=1S/C12H4F14O4/c13-7(14,9(17,18)11(21,22)23)3-29-5(27)1-2-6(28)30-4-8(15,16)10(19,20)12(24,25)26/h3-4H2. The lowest BCUT2D eigenvalue weighted by Gasteiger charge is -2.27. The highest BCUT2D eigenvalue weighted by atomic mass is 19.4. The first-order valence-corrected chi connectivity index (χ1v) is 6.50. The predicted molar refractivity (Wildman–Crippen MR) is 61.6 cm³/mol. The molecule has 0 saturated carbocycles. The van der Waals surface area contributed by atoms with Gasteiger partial charge in [0.05, 0.1) is 0 Å². The molecular formula is C12H4F14O4. The van der Waals surface area contributed by atoms with E-state index in [1.165, 1.54) is 0 Å². The molecule has 0 atom stereocenters. The summed E-state index contributed by atoms with van der Waals surface area (Å²) in [5.74, 6) is -28.7. The fourth-order valence-corrected chi connectivity index (χ4v) is 1.08. The van der Waals surface area contributed by atoms with Crippen LogP contribution in [0.4, 0.5) is 61.5 Å². The summed E-state index contributed by atoms with van der Waals surface area (Å²) in [5, 5.41) is 0. The van der Waals surface area contributed by atoms with Gasteiger partial charge < -0.3 is 9.47 Å². The predicted octanol–water partition coefficient (Wildman–Crippen LogP) is 3.74. The van der Waals surface area contributed by atoms with Crippen LogP contribution in [-0.4, -0.2) is 61.2 Å². The van der Waals surface area contributed by atoms with Crippen molar-refractivity contribution in [2.45, 2.75) is 36.0 Å². The molecule has 0 radical (unpaired) electrons. The van der Waals surface area contributed by atoms with Crippen LogP contribution in [-0.2, 0) is 19.1 Å². The summed E-state index contributed by atoms with van der Waals surface area (Å²) in [4.78, 5) is 21.6. The Hall–Kier alpha value is -2.48. The van der Waals surface area contributed by atoms with E-state index < -0.39 is 61.2 Å². The third-order valence-electron chi connectivity index (χ3n) is 2.67. The number of esters is 2. The smallest absolute Gasteiger partial charge is 0.449 e. The quantitative estimate of drug-likeness (QED) is 0.253. The summed E-state index contributed by atoms with van der Waals surface area (Å²) in [6.45, 7) is -5.84. The van der Waals surface area contributed by atoms with Gasteiger partial charge >= 0.3 is 48.0 Å². The lowest BCUT2D eigenvalue weighted by molar-refractivity contribution is -0.359.